The first kappa shape index (κ1) is 17.3. The van der Waals surface area contributed by atoms with Gasteiger partial charge in [-0.25, -0.2) is 0 Å². The normalized spacial score (nSPS) is 13.2. The standard InChI is InChI=1S/C18H16BrNO5/c1-10(21)14-7-16-17(24-9-23-16)8-15(14)20-18(22)11(2)25-13-5-3-12(19)4-6-13/h3-8,11H,9H2,1-2H3,(H,20,22). The first-order valence-electron chi connectivity index (χ1n) is 7.61. The van der Waals surface area contributed by atoms with E-state index in [0.29, 0.717) is 28.5 Å². The van der Waals surface area contributed by atoms with Crippen molar-refractivity contribution in [2.45, 2.75) is 20.0 Å². The van der Waals surface area contributed by atoms with Crippen LogP contribution < -0.4 is 19.5 Å². The summed E-state index contributed by atoms with van der Waals surface area (Å²) in [6, 6.07) is 10.3. The fourth-order valence-corrected chi connectivity index (χ4v) is 2.61. The highest BCUT2D eigenvalue weighted by molar-refractivity contribution is 9.10. The molecule has 0 saturated carbocycles. The smallest absolute Gasteiger partial charge is 0.265 e. The summed E-state index contributed by atoms with van der Waals surface area (Å²) in [6.45, 7) is 3.15. The number of anilines is 1. The number of halogens is 1. The summed E-state index contributed by atoms with van der Waals surface area (Å²) in [5.74, 6) is 0.992. The maximum absolute atomic E-state index is 12.4. The quantitative estimate of drug-likeness (QED) is 0.765. The Morgan fingerprint density at radius 3 is 2.44 bits per heavy atom. The van der Waals surface area contributed by atoms with Crippen LogP contribution in [0.1, 0.15) is 24.2 Å². The van der Waals surface area contributed by atoms with Gasteiger partial charge in [0.05, 0.1) is 5.69 Å². The van der Waals surface area contributed by atoms with Crippen molar-refractivity contribution in [1.82, 2.24) is 0 Å². The molecule has 130 valence electrons. The molecule has 25 heavy (non-hydrogen) atoms. The van der Waals surface area contributed by atoms with Gasteiger partial charge in [-0.3, -0.25) is 9.59 Å². The van der Waals surface area contributed by atoms with Crippen molar-refractivity contribution in [2.24, 2.45) is 0 Å². The molecule has 1 amide bonds. The van der Waals surface area contributed by atoms with Crippen LogP contribution in [0.15, 0.2) is 40.9 Å². The third kappa shape index (κ3) is 3.93. The third-order valence-corrected chi connectivity index (χ3v) is 4.17. The second kappa shape index (κ2) is 7.14. The Labute approximate surface area is 153 Å². The van der Waals surface area contributed by atoms with Gasteiger partial charge in [0.1, 0.15) is 5.75 Å². The van der Waals surface area contributed by atoms with Crippen LogP contribution >= 0.6 is 15.9 Å². The van der Waals surface area contributed by atoms with Crippen LogP contribution in [0.3, 0.4) is 0 Å². The second-order valence-electron chi connectivity index (χ2n) is 5.51. The number of ether oxygens (including phenoxy) is 3. The van der Waals surface area contributed by atoms with Crippen molar-refractivity contribution in [3.05, 3.63) is 46.4 Å². The van der Waals surface area contributed by atoms with E-state index >= 15 is 0 Å². The van der Waals surface area contributed by atoms with Crippen molar-refractivity contribution in [3.63, 3.8) is 0 Å². The van der Waals surface area contributed by atoms with Crippen LogP contribution in [0.4, 0.5) is 5.69 Å². The van der Waals surface area contributed by atoms with Crippen LogP contribution in [-0.2, 0) is 4.79 Å². The van der Waals surface area contributed by atoms with E-state index in [1.165, 1.54) is 6.92 Å². The molecular weight excluding hydrogens is 390 g/mol. The molecule has 0 aromatic heterocycles. The summed E-state index contributed by atoms with van der Waals surface area (Å²) in [5, 5.41) is 2.72. The molecule has 0 spiro atoms. The minimum Gasteiger partial charge on any atom is -0.481 e. The molecule has 1 N–H and O–H groups in total. The molecule has 2 aromatic rings. The van der Waals surface area contributed by atoms with Gasteiger partial charge in [0.2, 0.25) is 6.79 Å². The summed E-state index contributed by atoms with van der Waals surface area (Å²) in [6.07, 6.45) is -0.744. The molecule has 6 nitrogen and oxygen atoms in total. The lowest BCUT2D eigenvalue weighted by Crippen LogP contribution is -2.30. The monoisotopic (exact) mass is 405 g/mol. The molecule has 7 heteroatoms. The van der Waals surface area contributed by atoms with Crippen molar-refractivity contribution < 1.29 is 23.8 Å². The van der Waals surface area contributed by atoms with E-state index in [4.69, 9.17) is 14.2 Å². The number of hydrogen-bond acceptors (Lipinski definition) is 5. The highest BCUT2D eigenvalue weighted by Crippen LogP contribution is 2.37. The maximum atomic E-state index is 12.4. The molecule has 1 unspecified atom stereocenters. The molecular formula is C18H16BrNO5. The molecule has 1 atom stereocenters. The van der Waals surface area contributed by atoms with Crippen LogP contribution in [0, 0.1) is 0 Å². The highest BCUT2D eigenvalue weighted by atomic mass is 79.9. The Morgan fingerprint density at radius 1 is 1.16 bits per heavy atom. The van der Waals surface area contributed by atoms with Gasteiger partial charge in [-0.05, 0) is 44.2 Å². The predicted molar refractivity (Wildman–Crippen MR) is 95.4 cm³/mol. The molecule has 0 aliphatic carbocycles. The van der Waals surface area contributed by atoms with Crippen molar-refractivity contribution >= 4 is 33.3 Å². The minimum absolute atomic E-state index is 0.0904. The Balaban J connectivity index is 1.75. The molecule has 0 radical (unpaired) electrons. The third-order valence-electron chi connectivity index (χ3n) is 3.65. The fraction of sp³-hybridized carbons (Fsp3) is 0.222. The minimum atomic E-state index is -0.744. The van der Waals surface area contributed by atoms with Gasteiger partial charge in [0.25, 0.3) is 5.91 Å². The summed E-state index contributed by atoms with van der Waals surface area (Å²) < 4.78 is 17.1. The fourth-order valence-electron chi connectivity index (χ4n) is 2.34. The zero-order valence-electron chi connectivity index (χ0n) is 13.7. The molecule has 1 aliphatic heterocycles. The van der Waals surface area contributed by atoms with E-state index in [2.05, 4.69) is 21.2 Å². The number of carbonyl (C=O) groups excluding carboxylic acids is 2. The lowest BCUT2D eigenvalue weighted by molar-refractivity contribution is -0.122. The number of rotatable bonds is 5. The van der Waals surface area contributed by atoms with E-state index in [1.807, 2.05) is 12.1 Å². The molecule has 0 bridgehead atoms. The Hall–Kier alpha value is -2.54. The zero-order chi connectivity index (χ0) is 18.0. The van der Waals surface area contributed by atoms with Gasteiger partial charge in [-0.1, -0.05) is 15.9 Å². The summed E-state index contributed by atoms with van der Waals surface area (Å²) in [7, 11) is 0. The van der Waals surface area contributed by atoms with Crippen LogP contribution in [0.25, 0.3) is 0 Å². The number of hydrogen-bond donors (Lipinski definition) is 1. The molecule has 0 saturated heterocycles. The number of benzene rings is 2. The van der Waals surface area contributed by atoms with E-state index in [-0.39, 0.29) is 18.5 Å². The largest absolute Gasteiger partial charge is 0.481 e. The number of fused-ring (bicyclic) bond motifs is 1. The lowest BCUT2D eigenvalue weighted by Gasteiger charge is -2.16. The Bertz CT molecular complexity index is 819. The molecule has 1 aliphatic rings. The molecule has 1 heterocycles. The zero-order valence-corrected chi connectivity index (χ0v) is 15.3. The number of ketones is 1. The lowest BCUT2D eigenvalue weighted by atomic mass is 10.1. The maximum Gasteiger partial charge on any atom is 0.265 e. The summed E-state index contributed by atoms with van der Waals surface area (Å²) in [4.78, 5) is 24.3. The van der Waals surface area contributed by atoms with Crippen LogP contribution in [0.2, 0.25) is 0 Å². The molecule has 3 rings (SSSR count). The van der Waals surface area contributed by atoms with Crippen LogP contribution in [-0.4, -0.2) is 24.6 Å². The average molecular weight is 406 g/mol. The van der Waals surface area contributed by atoms with E-state index in [9.17, 15) is 9.59 Å². The van der Waals surface area contributed by atoms with E-state index in [0.717, 1.165) is 4.47 Å². The van der Waals surface area contributed by atoms with E-state index in [1.54, 1.807) is 31.2 Å². The molecule has 0 fully saturated rings. The number of carbonyl (C=O) groups is 2. The predicted octanol–water partition coefficient (Wildman–Crippen LogP) is 3.79. The SMILES string of the molecule is CC(=O)c1cc2c(cc1NC(=O)C(C)Oc1ccc(Br)cc1)OCO2. The van der Waals surface area contributed by atoms with Gasteiger partial charge in [0, 0.05) is 16.1 Å². The van der Waals surface area contributed by atoms with Gasteiger partial charge in [-0.15, -0.1) is 0 Å². The molecule has 2 aromatic carbocycles. The summed E-state index contributed by atoms with van der Waals surface area (Å²) in [5.41, 5.74) is 0.724. The van der Waals surface area contributed by atoms with Crippen molar-refractivity contribution in [3.8, 4) is 17.2 Å². The highest BCUT2D eigenvalue weighted by Gasteiger charge is 2.22. The Kier molecular flexibility index (Phi) is 4.94. The first-order chi connectivity index (χ1) is 11.9. The van der Waals surface area contributed by atoms with Gasteiger partial charge < -0.3 is 19.5 Å². The van der Waals surface area contributed by atoms with Crippen molar-refractivity contribution in [2.75, 3.05) is 12.1 Å². The van der Waals surface area contributed by atoms with E-state index < -0.39 is 6.10 Å². The van der Waals surface area contributed by atoms with Gasteiger partial charge in [0.15, 0.2) is 23.4 Å². The summed E-state index contributed by atoms with van der Waals surface area (Å²) >= 11 is 3.34. The second-order valence-corrected chi connectivity index (χ2v) is 6.43. The van der Waals surface area contributed by atoms with Crippen LogP contribution in [0.5, 0.6) is 17.2 Å². The van der Waals surface area contributed by atoms with Gasteiger partial charge in [-0.2, -0.15) is 0 Å². The topological polar surface area (TPSA) is 73.9 Å². The van der Waals surface area contributed by atoms with Gasteiger partial charge >= 0.3 is 0 Å². The average Bonchev–Trinajstić information content (AvgIpc) is 3.03. The van der Waals surface area contributed by atoms with Crippen molar-refractivity contribution in [1.29, 1.82) is 0 Å². The number of Topliss-reactive ketones (excluding diaryl/α,β-unsaturated/α-hetero) is 1. The Morgan fingerprint density at radius 2 is 1.80 bits per heavy atom. The number of nitrogens with one attached hydrogen (secondary N) is 1. The first-order valence-corrected chi connectivity index (χ1v) is 8.41. The number of amides is 1.